The molecule has 0 N–H and O–H groups in total. The van der Waals surface area contributed by atoms with Gasteiger partial charge in [0.15, 0.2) is 0 Å². The quantitative estimate of drug-likeness (QED) is 0.0930. The Labute approximate surface area is 215 Å². The lowest BCUT2D eigenvalue weighted by molar-refractivity contribution is -0.704. The molecule has 0 aromatic carbocycles. The SMILES string of the molecule is CCCCCCCCCCCCn1cc[n+](CCCCCCC)c1CCCCCCCCCC. The third-order valence-corrected chi connectivity index (χ3v) is 7.60. The van der Waals surface area contributed by atoms with Gasteiger partial charge >= 0.3 is 0 Å². The molecule has 0 atom stereocenters. The summed E-state index contributed by atoms with van der Waals surface area (Å²) in [4.78, 5) is 0. The highest BCUT2D eigenvalue weighted by atomic mass is 15.1. The summed E-state index contributed by atoms with van der Waals surface area (Å²) in [5.74, 6) is 1.61. The molecule has 0 saturated heterocycles. The summed E-state index contributed by atoms with van der Waals surface area (Å²) < 4.78 is 5.21. The molecule has 1 heterocycles. The molecule has 0 aliphatic rings. The zero-order valence-electron chi connectivity index (χ0n) is 23.9. The van der Waals surface area contributed by atoms with E-state index in [1.165, 1.54) is 167 Å². The highest BCUT2D eigenvalue weighted by Crippen LogP contribution is 2.14. The van der Waals surface area contributed by atoms with Crippen molar-refractivity contribution in [1.82, 2.24) is 4.57 Å². The van der Waals surface area contributed by atoms with Crippen LogP contribution in [-0.2, 0) is 19.5 Å². The van der Waals surface area contributed by atoms with Gasteiger partial charge in [0.25, 0.3) is 5.82 Å². The summed E-state index contributed by atoms with van der Waals surface area (Å²) in [6.45, 7) is 9.38. The molecule has 2 heteroatoms. The summed E-state index contributed by atoms with van der Waals surface area (Å²) in [6, 6.07) is 0. The standard InChI is InChI=1S/C32H63N2/c1-4-7-10-13-15-17-18-20-23-26-29-34-31-30-33(28-25-22-12-9-6-3)32(34)27-24-21-19-16-14-11-8-5-2/h30-31H,4-29H2,1-3H3/q+1. The summed E-state index contributed by atoms with van der Waals surface area (Å²) in [5.41, 5.74) is 0. The number of aromatic nitrogens is 2. The molecule has 1 aromatic rings. The van der Waals surface area contributed by atoms with E-state index in [1.807, 2.05) is 0 Å². The highest BCUT2D eigenvalue weighted by Gasteiger charge is 2.16. The number of aryl methyl sites for hydroxylation is 2. The minimum atomic E-state index is 1.22. The summed E-state index contributed by atoms with van der Waals surface area (Å²) in [6.07, 6.45) is 38.5. The van der Waals surface area contributed by atoms with Gasteiger partial charge in [0, 0.05) is 6.42 Å². The maximum Gasteiger partial charge on any atom is 0.256 e. The fourth-order valence-corrected chi connectivity index (χ4v) is 5.26. The van der Waals surface area contributed by atoms with Crippen LogP contribution >= 0.6 is 0 Å². The Morgan fingerprint density at radius 3 is 1.41 bits per heavy atom. The first kappa shape index (κ1) is 31.2. The van der Waals surface area contributed by atoms with E-state index in [0.717, 1.165) is 0 Å². The second-order valence-electron chi connectivity index (χ2n) is 10.9. The molecule has 0 spiro atoms. The summed E-state index contributed by atoms with van der Waals surface area (Å²) in [7, 11) is 0. The first-order valence-electron chi connectivity index (χ1n) is 15.9. The van der Waals surface area contributed by atoms with Crippen LogP contribution in [0, 0.1) is 0 Å². The molecule has 0 aliphatic carbocycles. The van der Waals surface area contributed by atoms with E-state index >= 15 is 0 Å². The Bertz CT molecular complexity index is 533. The molecule has 200 valence electrons. The first-order valence-corrected chi connectivity index (χ1v) is 15.9. The second kappa shape index (κ2) is 23.9. The van der Waals surface area contributed by atoms with Gasteiger partial charge in [0.05, 0.1) is 13.1 Å². The van der Waals surface area contributed by atoms with Gasteiger partial charge in [0.2, 0.25) is 0 Å². The van der Waals surface area contributed by atoms with Gasteiger partial charge in [0.1, 0.15) is 12.4 Å². The average Bonchev–Trinajstić information content (AvgIpc) is 3.23. The molecule has 1 aromatic heterocycles. The Balaban J connectivity index is 2.33. The maximum absolute atomic E-state index is 2.61. The van der Waals surface area contributed by atoms with Crippen LogP contribution in [0.2, 0.25) is 0 Å². The Morgan fingerprint density at radius 1 is 0.500 bits per heavy atom. The first-order chi connectivity index (χ1) is 16.8. The molecule has 0 saturated carbocycles. The van der Waals surface area contributed by atoms with E-state index in [0.29, 0.717) is 0 Å². The predicted molar refractivity (Wildman–Crippen MR) is 152 cm³/mol. The van der Waals surface area contributed by atoms with Crippen molar-refractivity contribution in [3.05, 3.63) is 18.2 Å². The van der Waals surface area contributed by atoms with Gasteiger partial charge in [-0.1, -0.05) is 136 Å². The number of imidazole rings is 1. The zero-order valence-corrected chi connectivity index (χ0v) is 23.9. The smallest absolute Gasteiger partial charge is 0.234 e. The molecule has 0 aliphatic heterocycles. The van der Waals surface area contributed by atoms with Crippen LogP contribution in [0.3, 0.4) is 0 Å². The van der Waals surface area contributed by atoms with Gasteiger partial charge in [-0.2, -0.15) is 0 Å². The van der Waals surface area contributed by atoms with Crippen molar-refractivity contribution in [2.24, 2.45) is 0 Å². The number of nitrogens with zero attached hydrogens (tertiary/aromatic N) is 2. The zero-order chi connectivity index (χ0) is 24.5. The van der Waals surface area contributed by atoms with Crippen molar-refractivity contribution < 1.29 is 4.57 Å². The third-order valence-electron chi connectivity index (χ3n) is 7.60. The fourth-order valence-electron chi connectivity index (χ4n) is 5.26. The summed E-state index contributed by atoms with van der Waals surface area (Å²) >= 11 is 0. The molecule has 0 bridgehead atoms. The molecule has 34 heavy (non-hydrogen) atoms. The minimum Gasteiger partial charge on any atom is -0.234 e. The van der Waals surface area contributed by atoms with E-state index in [9.17, 15) is 0 Å². The normalized spacial score (nSPS) is 11.5. The van der Waals surface area contributed by atoms with Crippen molar-refractivity contribution in [3.8, 4) is 0 Å². The lowest BCUT2D eigenvalue weighted by Gasteiger charge is -2.07. The number of hydrogen-bond donors (Lipinski definition) is 0. The Hall–Kier alpha value is -0.790. The van der Waals surface area contributed by atoms with Crippen LogP contribution in [0.5, 0.6) is 0 Å². The topological polar surface area (TPSA) is 8.81 Å². The second-order valence-corrected chi connectivity index (χ2v) is 10.9. The fraction of sp³-hybridized carbons (Fsp3) is 0.906. The molecule has 0 radical (unpaired) electrons. The molecule has 0 fully saturated rings. The largest absolute Gasteiger partial charge is 0.256 e. The third kappa shape index (κ3) is 16.8. The van der Waals surface area contributed by atoms with E-state index in [-0.39, 0.29) is 0 Å². The molecule has 1 rings (SSSR count). The number of unbranched alkanes of at least 4 members (excludes halogenated alkanes) is 20. The number of rotatable bonds is 26. The van der Waals surface area contributed by atoms with Gasteiger partial charge < -0.3 is 0 Å². The molecule has 0 amide bonds. The van der Waals surface area contributed by atoms with Gasteiger partial charge in [-0.15, -0.1) is 0 Å². The molecule has 2 nitrogen and oxygen atoms in total. The van der Waals surface area contributed by atoms with Crippen LogP contribution in [-0.4, -0.2) is 4.57 Å². The molecule has 0 unspecified atom stereocenters. The Kier molecular flexibility index (Phi) is 22.0. The van der Waals surface area contributed by atoms with Crippen molar-refractivity contribution in [2.45, 2.75) is 188 Å². The predicted octanol–water partition coefficient (Wildman–Crippen LogP) is 10.4. The lowest BCUT2D eigenvalue weighted by Crippen LogP contribution is -2.37. The van der Waals surface area contributed by atoms with Gasteiger partial charge in [-0.25, -0.2) is 9.13 Å². The van der Waals surface area contributed by atoms with Crippen molar-refractivity contribution in [1.29, 1.82) is 0 Å². The summed E-state index contributed by atoms with van der Waals surface area (Å²) in [5, 5.41) is 0. The molecular formula is C32H63N2+. The van der Waals surface area contributed by atoms with Crippen LogP contribution in [0.15, 0.2) is 12.4 Å². The van der Waals surface area contributed by atoms with E-state index < -0.39 is 0 Å². The monoisotopic (exact) mass is 475 g/mol. The van der Waals surface area contributed by atoms with E-state index in [2.05, 4.69) is 42.3 Å². The number of hydrogen-bond acceptors (Lipinski definition) is 0. The minimum absolute atomic E-state index is 1.22. The Morgan fingerprint density at radius 2 is 0.912 bits per heavy atom. The average molecular weight is 476 g/mol. The van der Waals surface area contributed by atoms with Crippen molar-refractivity contribution in [3.63, 3.8) is 0 Å². The van der Waals surface area contributed by atoms with E-state index in [4.69, 9.17) is 0 Å². The maximum atomic E-state index is 2.61. The van der Waals surface area contributed by atoms with Crippen molar-refractivity contribution in [2.75, 3.05) is 0 Å². The van der Waals surface area contributed by atoms with Gasteiger partial charge in [-0.3, -0.25) is 0 Å². The van der Waals surface area contributed by atoms with Crippen LogP contribution in [0.4, 0.5) is 0 Å². The lowest BCUT2D eigenvalue weighted by atomic mass is 10.1. The van der Waals surface area contributed by atoms with Crippen LogP contribution in [0.1, 0.15) is 174 Å². The van der Waals surface area contributed by atoms with Crippen LogP contribution < -0.4 is 4.57 Å². The van der Waals surface area contributed by atoms with Gasteiger partial charge in [-0.05, 0) is 32.1 Å². The molecular weight excluding hydrogens is 412 g/mol. The van der Waals surface area contributed by atoms with Crippen LogP contribution in [0.25, 0.3) is 0 Å². The van der Waals surface area contributed by atoms with E-state index in [1.54, 1.807) is 5.82 Å². The van der Waals surface area contributed by atoms with Crippen molar-refractivity contribution >= 4 is 0 Å². The highest BCUT2D eigenvalue weighted by molar-refractivity contribution is 4.84.